The molecule has 0 saturated heterocycles. The van der Waals surface area contributed by atoms with Crippen LogP contribution >= 0.6 is 61.5 Å². The number of hydrogen-bond acceptors (Lipinski definition) is 3. The van der Waals surface area contributed by atoms with Crippen molar-refractivity contribution >= 4 is 61.5 Å². The zero-order valence-corrected chi connectivity index (χ0v) is 12.0. The normalized spacial score (nSPS) is 10.5. The molecular formula is C8H3BrClIN2S. The van der Waals surface area contributed by atoms with Crippen LogP contribution in [0.5, 0.6) is 0 Å². The van der Waals surface area contributed by atoms with Gasteiger partial charge in [-0.2, -0.15) is 0 Å². The van der Waals surface area contributed by atoms with Crippen molar-refractivity contribution in [2.24, 2.45) is 0 Å². The molecule has 2 nitrogen and oxygen atoms in total. The molecule has 6 heteroatoms. The average Bonchev–Trinajstić information content (AvgIpc) is 2.56. The van der Waals surface area contributed by atoms with E-state index in [0.717, 1.165) is 18.1 Å². The third-order valence-corrected chi connectivity index (χ3v) is 4.12. The molecule has 0 aliphatic carbocycles. The van der Waals surface area contributed by atoms with Crippen molar-refractivity contribution in [2.75, 3.05) is 0 Å². The highest BCUT2D eigenvalue weighted by atomic mass is 127. The molecule has 0 N–H and O–H groups in total. The van der Waals surface area contributed by atoms with Crippen molar-refractivity contribution in [3.8, 4) is 10.6 Å². The second-order valence-electron chi connectivity index (χ2n) is 2.48. The maximum Gasteiger partial charge on any atom is 0.183 e. The van der Waals surface area contributed by atoms with Crippen LogP contribution in [0.4, 0.5) is 0 Å². The Morgan fingerprint density at radius 2 is 2.14 bits per heavy atom. The molecule has 0 radical (unpaired) electrons. The zero-order chi connectivity index (χ0) is 10.1. The van der Waals surface area contributed by atoms with Gasteiger partial charge in [0.05, 0.1) is 0 Å². The van der Waals surface area contributed by atoms with E-state index in [1.807, 2.05) is 18.2 Å². The molecule has 0 saturated carbocycles. The lowest BCUT2D eigenvalue weighted by molar-refractivity contribution is 1.07. The summed E-state index contributed by atoms with van der Waals surface area (Å²) in [5.41, 5.74) is 1.03. The monoisotopic (exact) mass is 400 g/mol. The maximum absolute atomic E-state index is 5.91. The van der Waals surface area contributed by atoms with Crippen LogP contribution in [-0.2, 0) is 0 Å². The molecule has 0 aliphatic heterocycles. The van der Waals surface area contributed by atoms with Gasteiger partial charge in [-0.25, -0.2) is 0 Å². The van der Waals surface area contributed by atoms with Crippen molar-refractivity contribution < 1.29 is 0 Å². The van der Waals surface area contributed by atoms with Crippen LogP contribution in [0.3, 0.4) is 0 Å². The molecule has 0 unspecified atom stereocenters. The highest BCUT2D eigenvalue weighted by Crippen LogP contribution is 2.31. The summed E-state index contributed by atoms with van der Waals surface area (Å²) in [6, 6.07) is 5.73. The Balaban J connectivity index is 2.55. The van der Waals surface area contributed by atoms with Crippen LogP contribution in [0.15, 0.2) is 22.1 Å². The van der Waals surface area contributed by atoms with Crippen LogP contribution in [0.1, 0.15) is 0 Å². The van der Waals surface area contributed by atoms with Crippen molar-refractivity contribution in [1.82, 2.24) is 10.2 Å². The van der Waals surface area contributed by atoms with Gasteiger partial charge in [-0.05, 0) is 56.7 Å². The van der Waals surface area contributed by atoms with Gasteiger partial charge >= 0.3 is 0 Å². The zero-order valence-electron chi connectivity index (χ0n) is 6.67. The smallest absolute Gasteiger partial charge is 0.137 e. The molecule has 1 heterocycles. The summed E-state index contributed by atoms with van der Waals surface area (Å²) in [5.74, 6) is 0. The Hall–Kier alpha value is 0.280. The van der Waals surface area contributed by atoms with E-state index < -0.39 is 0 Å². The fourth-order valence-electron chi connectivity index (χ4n) is 0.976. The first-order chi connectivity index (χ1) is 6.66. The Labute approximate surface area is 112 Å². The van der Waals surface area contributed by atoms with Gasteiger partial charge in [0.15, 0.2) is 3.92 Å². The fraction of sp³-hybridized carbons (Fsp3) is 0. The quantitative estimate of drug-likeness (QED) is 0.669. The number of nitrogens with zero attached hydrogens (tertiary/aromatic N) is 2. The Bertz CT molecular complexity index is 474. The van der Waals surface area contributed by atoms with Gasteiger partial charge in [0.1, 0.15) is 5.01 Å². The minimum atomic E-state index is 0.715. The topological polar surface area (TPSA) is 25.8 Å². The van der Waals surface area contributed by atoms with E-state index in [-0.39, 0.29) is 0 Å². The first kappa shape index (κ1) is 10.8. The highest BCUT2D eigenvalue weighted by Gasteiger charge is 2.08. The number of aromatic nitrogens is 2. The van der Waals surface area contributed by atoms with E-state index in [2.05, 4.69) is 48.7 Å². The molecule has 0 aliphatic rings. The predicted octanol–water partition coefficient (Wildman–Crippen LogP) is 4.23. The Kier molecular flexibility index (Phi) is 3.41. The van der Waals surface area contributed by atoms with Gasteiger partial charge in [0.25, 0.3) is 0 Å². The summed E-state index contributed by atoms with van der Waals surface area (Å²) in [7, 11) is 0. The second-order valence-corrected chi connectivity index (χ2v) is 6.34. The standard InChI is InChI=1S/C8H3BrClIN2S/c9-8-13-12-7(14-8)5-3-4(10)1-2-6(5)11/h1-3H. The average molecular weight is 401 g/mol. The highest BCUT2D eigenvalue weighted by molar-refractivity contribution is 14.1. The van der Waals surface area contributed by atoms with Gasteiger partial charge in [0, 0.05) is 14.2 Å². The second kappa shape index (κ2) is 4.42. The van der Waals surface area contributed by atoms with Gasteiger partial charge in [-0.1, -0.05) is 22.9 Å². The van der Waals surface area contributed by atoms with Gasteiger partial charge < -0.3 is 0 Å². The maximum atomic E-state index is 5.91. The SMILES string of the molecule is Clc1ccc(I)c(-c2nnc(Br)s2)c1. The van der Waals surface area contributed by atoms with Crippen molar-refractivity contribution in [3.63, 3.8) is 0 Å². The minimum absolute atomic E-state index is 0.715. The number of rotatable bonds is 1. The predicted molar refractivity (Wildman–Crippen MR) is 70.8 cm³/mol. The van der Waals surface area contributed by atoms with E-state index >= 15 is 0 Å². The van der Waals surface area contributed by atoms with E-state index in [0.29, 0.717) is 5.02 Å². The summed E-state index contributed by atoms with van der Waals surface area (Å²) in [4.78, 5) is 0. The lowest BCUT2D eigenvalue weighted by Crippen LogP contribution is -1.81. The largest absolute Gasteiger partial charge is 0.183 e. The summed E-state index contributed by atoms with van der Waals surface area (Å²) in [6.07, 6.45) is 0. The first-order valence-electron chi connectivity index (χ1n) is 3.61. The van der Waals surface area contributed by atoms with E-state index in [4.69, 9.17) is 11.6 Å². The van der Waals surface area contributed by atoms with Crippen LogP contribution < -0.4 is 0 Å². The lowest BCUT2D eigenvalue weighted by Gasteiger charge is -1.99. The van der Waals surface area contributed by atoms with Crippen LogP contribution in [0.25, 0.3) is 10.6 Å². The third kappa shape index (κ3) is 2.26. The number of halogens is 3. The fourth-order valence-corrected chi connectivity index (χ4v) is 3.06. The number of hydrogen-bond donors (Lipinski definition) is 0. The molecule has 1 aromatic heterocycles. The van der Waals surface area contributed by atoms with Crippen LogP contribution in [0.2, 0.25) is 5.02 Å². The van der Waals surface area contributed by atoms with Crippen LogP contribution in [-0.4, -0.2) is 10.2 Å². The summed E-state index contributed by atoms with van der Waals surface area (Å²) in [5, 5.41) is 9.54. The van der Waals surface area contributed by atoms with E-state index in [1.165, 1.54) is 11.3 Å². The van der Waals surface area contributed by atoms with E-state index in [1.54, 1.807) is 0 Å². The molecule has 0 spiro atoms. The molecule has 72 valence electrons. The van der Waals surface area contributed by atoms with Crippen molar-refractivity contribution in [2.45, 2.75) is 0 Å². The summed E-state index contributed by atoms with van der Waals surface area (Å²) in [6.45, 7) is 0. The molecule has 1 aromatic carbocycles. The van der Waals surface area contributed by atoms with E-state index in [9.17, 15) is 0 Å². The molecule has 0 atom stereocenters. The molecule has 0 bridgehead atoms. The molecular weight excluding hydrogens is 398 g/mol. The molecule has 0 amide bonds. The first-order valence-corrected chi connectivity index (χ1v) is 6.68. The summed E-state index contributed by atoms with van der Waals surface area (Å²) < 4.78 is 1.90. The number of benzene rings is 1. The van der Waals surface area contributed by atoms with Gasteiger partial charge in [-0.3, -0.25) is 0 Å². The Morgan fingerprint density at radius 1 is 1.36 bits per heavy atom. The van der Waals surface area contributed by atoms with Gasteiger partial charge in [-0.15, -0.1) is 10.2 Å². The van der Waals surface area contributed by atoms with Crippen LogP contribution in [0, 0.1) is 3.57 Å². The summed E-state index contributed by atoms with van der Waals surface area (Å²) >= 11 is 12.9. The lowest BCUT2D eigenvalue weighted by atomic mass is 10.2. The Morgan fingerprint density at radius 3 is 2.79 bits per heavy atom. The van der Waals surface area contributed by atoms with Gasteiger partial charge in [0.2, 0.25) is 0 Å². The van der Waals surface area contributed by atoms with Crippen molar-refractivity contribution in [1.29, 1.82) is 0 Å². The minimum Gasteiger partial charge on any atom is -0.137 e. The molecule has 2 aromatic rings. The molecule has 14 heavy (non-hydrogen) atoms. The molecule has 0 fully saturated rings. The third-order valence-electron chi connectivity index (χ3n) is 1.56. The van der Waals surface area contributed by atoms with Crippen molar-refractivity contribution in [3.05, 3.63) is 30.7 Å². The molecule has 2 rings (SSSR count).